The molecular weight excluding hydrogens is 332 g/mol. The molecule has 1 aromatic carbocycles. The van der Waals surface area contributed by atoms with Crippen LogP contribution in [0.1, 0.15) is 24.0 Å². The smallest absolute Gasteiger partial charge is 0.372 e. The van der Waals surface area contributed by atoms with E-state index in [-0.39, 0.29) is 5.82 Å². The van der Waals surface area contributed by atoms with Crippen molar-refractivity contribution in [1.29, 1.82) is 0 Å². The van der Waals surface area contributed by atoms with Crippen LogP contribution in [0.3, 0.4) is 0 Å². The van der Waals surface area contributed by atoms with E-state index in [1.54, 1.807) is 18.3 Å². The van der Waals surface area contributed by atoms with Crippen molar-refractivity contribution in [2.24, 2.45) is 0 Å². The van der Waals surface area contributed by atoms with E-state index in [1.165, 1.54) is 4.40 Å². The predicted molar refractivity (Wildman–Crippen MR) is 98.4 cm³/mol. The maximum absolute atomic E-state index is 11.6. The van der Waals surface area contributed by atoms with E-state index in [2.05, 4.69) is 4.98 Å². The summed E-state index contributed by atoms with van der Waals surface area (Å²) in [5, 5.41) is 22.7. The van der Waals surface area contributed by atoms with Gasteiger partial charge >= 0.3 is 5.82 Å². The number of piperidine rings is 1. The second-order valence-corrected chi connectivity index (χ2v) is 6.78. The molecule has 0 unspecified atom stereocenters. The highest BCUT2D eigenvalue weighted by Crippen LogP contribution is 2.38. The summed E-state index contributed by atoms with van der Waals surface area (Å²) in [5.41, 5.74) is 1.63. The minimum atomic E-state index is -0.907. The topological polar surface area (TPSA) is 83.9 Å². The van der Waals surface area contributed by atoms with E-state index in [0.717, 1.165) is 11.1 Å². The fourth-order valence-electron chi connectivity index (χ4n) is 3.81. The number of imidazole rings is 1. The number of nitrogens with zero attached hydrogens (tertiary/aromatic N) is 4. The first-order valence-electron chi connectivity index (χ1n) is 8.64. The van der Waals surface area contributed by atoms with Gasteiger partial charge in [-0.15, -0.1) is 0 Å². The number of aromatic nitrogens is 2. The average molecular weight is 352 g/mol. The van der Waals surface area contributed by atoms with Gasteiger partial charge in [0, 0.05) is 19.2 Å². The van der Waals surface area contributed by atoms with E-state index in [0.29, 0.717) is 37.4 Å². The van der Waals surface area contributed by atoms with Crippen LogP contribution in [0.4, 0.5) is 11.6 Å². The minimum absolute atomic E-state index is 0.0260. The zero-order valence-electron chi connectivity index (χ0n) is 14.5. The molecular formula is C19H20N4O3. The van der Waals surface area contributed by atoms with Crippen molar-refractivity contribution in [3.63, 3.8) is 0 Å². The number of pyridine rings is 1. The molecule has 2 aromatic heterocycles. The van der Waals surface area contributed by atoms with E-state index >= 15 is 0 Å². The normalized spacial score (nSPS) is 16.8. The highest BCUT2D eigenvalue weighted by molar-refractivity contribution is 5.63. The van der Waals surface area contributed by atoms with Crippen molar-refractivity contribution in [3.05, 3.63) is 69.9 Å². The maximum atomic E-state index is 11.6. The molecule has 0 bridgehead atoms. The number of anilines is 1. The molecule has 0 atom stereocenters. The van der Waals surface area contributed by atoms with Gasteiger partial charge in [0.05, 0.1) is 11.8 Å². The molecule has 134 valence electrons. The zero-order chi connectivity index (χ0) is 18.3. The van der Waals surface area contributed by atoms with Gasteiger partial charge in [-0.05, 0) is 41.9 Å². The Kier molecular flexibility index (Phi) is 3.88. The Bertz CT molecular complexity index is 974. The molecule has 1 aliphatic heterocycles. The van der Waals surface area contributed by atoms with Crippen molar-refractivity contribution in [1.82, 2.24) is 9.38 Å². The van der Waals surface area contributed by atoms with Crippen molar-refractivity contribution in [2.75, 3.05) is 18.0 Å². The third-order valence-electron chi connectivity index (χ3n) is 5.20. The van der Waals surface area contributed by atoms with Crippen LogP contribution in [-0.4, -0.2) is 32.5 Å². The Labute approximate surface area is 150 Å². The lowest BCUT2D eigenvalue weighted by Gasteiger charge is -2.39. The number of rotatable bonds is 3. The van der Waals surface area contributed by atoms with Crippen molar-refractivity contribution in [3.8, 4) is 0 Å². The van der Waals surface area contributed by atoms with Gasteiger partial charge in [0.25, 0.3) is 0 Å². The Hall–Kier alpha value is -2.93. The molecule has 0 aliphatic carbocycles. The third-order valence-corrected chi connectivity index (χ3v) is 5.20. The summed E-state index contributed by atoms with van der Waals surface area (Å²) in [7, 11) is 0. The van der Waals surface area contributed by atoms with Crippen molar-refractivity contribution < 1.29 is 10.0 Å². The molecule has 0 radical (unpaired) electrons. The Morgan fingerprint density at radius 1 is 1.15 bits per heavy atom. The molecule has 3 heterocycles. The lowest BCUT2D eigenvalue weighted by molar-refractivity contribution is -0.389. The quantitative estimate of drug-likeness (QED) is 0.578. The van der Waals surface area contributed by atoms with Crippen LogP contribution in [0.15, 0.2) is 48.7 Å². The van der Waals surface area contributed by atoms with Gasteiger partial charge in [0.15, 0.2) is 0 Å². The van der Waals surface area contributed by atoms with Gasteiger partial charge in [-0.2, -0.15) is 9.38 Å². The largest absolute Gasteiger partial charge is 0.385 e. The number of nitro groups is 1. The molecule has 4 rings (SSSR count). The van der Waals surface area contributed by atoms with Crippen molar-refractivity contribution >= 4 is 17.3 Å². The van der Waals surface area contributed by atoms with Gasteiger partial charge in [0.2, 0.25) is 11.5 Å². The summed E-state index contributed by atoms with van der Waals surface area (Å²) in [6.07, 6.45) is 2.66. The second-order valence-electron chi connectivity index (χ2n) is 6.78. The van der Waals surface area contributed by atoms with Crippen LogP contribution >= 0.6 is 0 Å². The molecule has 1 N–H and O–H groups in total. The minimum Gasteiger partial charge on any atom is -0.385 e. The maximum Gasteiger partial charge on any atom is 0.372 e. The van der Waals surface area contributed by atoms with Gasteiger partial charge in [-0.1, -0.05) is 30.3 Å². The summed E-state index contributed by atoms with van der Waals surface area (Å²) < 4.78 is 1.50. The summed E-state index contributed by atoms with van der Waals surface area (Å²) in [6, 6.07) is 13.1. The number of fused-ring (bicyclic) bond motifs is 1. The molecule has 0 spiro atoms. The summed E-state index contributed by atoms with van der Waals surface area (Å²) >= 11 is 0. The summed E-state index contributed by atoms with van der Waals surface area (Å²) in [5.74, 6) is 0.343. The third kappa shape index (κ3) is 2.61. The van der Waals surface area contributed by atoms with E-state index in [1.807, 2.05) is 42.2 Å². The van der Waals surface area contributed by atoms with Crippen LogP contribution < -0.4 is 4.90 Å². The van der Waals surface area contributed by atoms with E-state index < -0.39 is 10.5 Å². The molecule has 7 nitrogen and oxygen atoms in total. The van der Waals surface area contributed by atoms with Crippen LogP contribution in [-0.2, 0) is 5.60 Å². The molecule has 26 heavy (non-hydrogen) atoms. The van der Waals surface area contributed by atoms with Crippen LogP contribution in [0.25, 0.3) is 5.65 Å². The molecule has 1 fully saturated rings. The lowest BCUT2D eigenvalue weighted by atomic mass is 9.82. The first-order valence-corrected chi connectivity index (χ1v) is 8.64. The zero-order valence-corrected chi connectivity index (χ0v) is 14.5. The first kappa shape index (κ1) is 16.5. The number of hydrogen-bond acceptors (Lipinski definition) is 5. The predicted octanol–water partition coefficient (Wildman–Crippen LogP) is 3.04. The first-order chi connectivity index (χ1) is 12.5. The number of hydrogen-bond donors (Lipinski definition) is 1. The highest BCUT2D eigenvalue weighted by Gasteiger charge is 2.37. The number of aliphatic hydroxyl groups is 1. The van der Waals surface area contributed by atoms with Gasteiger partial charge in [-0.25, -0.2) is 0 Å². The van der Waals surface area contributed by atoms with Crippen molar-refractivity contribution in [2.45, 2.75) is 25.4 Å². The molecule has 1 saturated heterocycles. The standard InChI is InChI=1S/C19H20N4O3/c1-14-6-2-3-7-15(14)19(24)9-12-21(13-10-19)17-18(23(25)26)22-11-5-4-8-16(22)20-17/h2-8,11,24H,9-10,12-13H2,1H3. The van der Waals surface area contributed by atoms with Gasteiger partial charge in [-0.3, -0.25) is 0 Å². The molecule has 1 aliphatic rings. The Morgan fingerprint density at radius 2 is 1.85 bits per heavy atom. The average Bonchev–Trinajstić information content (AvgIpc) is 3.02. The van der Waals surface area contributed by atoms with Crippen LogP contribution in [0, 0.1) is 17.0 Å². The van der Waals surface area contributed by atoms with Crippen LogP contribution in [0.2, 0.25) is 0 Å². The molecule has 3 aromatic rings. The van der Waals surface area contributed by atoms with Crippen LogP contribution in [0.5, 0.6) is 0 Å². The van der Waals surface area contributed by atoms with E-state index in [9.17, 15) is 15.2 Å². The number of aryl methyl sites for hydroxylation is 1. The fraction of sp³-hybridized carbons (Fsp3) is 0.316. The fourth-order valence-corrected chi connectivity index (χ4v) is 3.81. The van der Waals surface area contributed by atoms with E-state index in [4.69, 9.17) is 0 Å². The Morgan fingerprint density at radius 3 is 2.54 bits per heavy atom. The number of benzene rings is 1. The monoisotopic (exact) mass is 352 g/mol. The van der Waals surface area contributed by atoms with Gasteiger partial charge < -0.3 is 20.1 Å². The second kappa shape index (κ2) is 6.10. The van der Waals surface area contributed by atoms with Gasteiger partial charge in [0.1, 0.15) is 0 Å². The Balaban J connectivity index is 1.65. The SMILES string of the molecule is Cc1ccccc1C1(O)CCN(c2nc3ccccn3c2[N+](=O)[O-])CC1. The molecule has 0 saturated carbocycles. The molecule has 7 heteroatoms. The summed E-state index contributed by atoms with van der Waals surface area (Å²) in [4.78, 5) is 17.6. The highest BCUT2D eigenvalue weighted by atomic mass is 16.6. The molecule has 0 amide bonds. The lowest BCUT2D eigenvalue weighted by Crippen LogP contribution is -2.43. The summed E-state index contributed by atoms with van der Waals surface area (Å²) in [6.45, 7) is 3.01.